The van der Waals surface area contributed by atoms with E-state index < -0.39 is 0 Å². The van der Waals surface area contributed by atoms with Crippen molar-refractivity contribution >= 4 is 79.0 Å². The van der Waals surface area contributed by atoms with Gasteiger partial charge in [0.25, 0.3) is 6.71 Å². The van der Waals surface area contributed by atoms with Crippen molar-refractivity contribution in [3.63, 3.8) is 0 Å². The Morgan fingerprint density at radius 1 is 0.301 bits per heavy atom. The molecule has 3 nitrogen and oxygen atoms in total. The van der Waals surface area contributed by atoms with Gasteiger partial charge < -0.3 is 14.4 Å². The van der Waals surface area contributed by atoms with E-state index in [9.17, 15) is 0 Å². The Morgan fingerprint density at radius 2 is 0.667 bits per heavy atom. The highest BCUT2D eigenvalue weighted by Gasteiger charge is 2.45. The summed E-state index contributed by atoms with van der Waals surface area (Å²) in [5.41, 5.74) is 32.4. The van der Waals surface area contributed by atoms with Crippen LogP contribution >= 0.6 is 0 Å². The van der Waals surface area contributed by atoms with Crippen molar-refractivity contribution in [2.75, 3.05) is 9.80 Å². The summed E-state index contributed by atoms with van der Waals surface area (Å²) in [6.07, 6.45) is 1.14. The fourth-order valence-electron chi connectivity index (χ4n) is 16.0. The molecule has 0 amide bonds. The van der Waals surface area contributed by atoms with Crippen LogP contribution in [0.25, 0.3) is 72.0 Å². The first-order valence-electron chi connectivity index (χ1n) is 33.9. The number of hydrogen-bond donors (Lipinski definition) is 0. The van der Waals surface area contributed by atoms with Gasteiger partial charge in [0.1, 0.15) is 0 Å². The van der Waals surface area contributed by atoms with Gasteiger partial charge in [-0.3, -0.25) is 0 Å². The molecule has 2 aliphatic heterocycles. The Labute approximate surface area is 553 Å². The Balaban J connectivity index is 1.04. The molecule has 0 radical (unpaired) electrons. The molecule has 12 aromatic rings. The second-order valence-corrected chi connectivity index (χ2v) is 32.7. The van der Waals surface area contributed by atoms with Gasteiger partial charge in [-0.2, -0.15) is 0 Å². The molecular weight excluding hydrogens is 1120 g/mol. The zero-order valence-electron chi connectivity index (χ0n) is 57.6. The zero-order valence-corrected chi connectivity index (χ0v) is 57.6. The Hall–Kier alpha value is -9.12. The van der Waals surface area contributed by atoms with Crippen LogP contribution in [0.5, 0.6) is 0 Å². The van der Waals surface area contributed by atoms with Crippen LogP contribution in [-0.2, 0) is 32.5 Å². The molecular formula is C89H88BN3. The minimum Gasteiger partial charge on any atom is -0.311 e. The van der Waals surface area contributed by atoms with Gasteiger partial charge >= 0.3 is 0 Å². The SMILES string of the molecule is CC(C)(C)c1cc(-c2ccc3c(c2)B2c4cc(-c5cc(C(C)(C)C)cc(C(C)(C)C)c5)ccc4N(c4ccc(-c5ccc6c(c5)C(C)(C)CC6(C)C)cc4)c4cc(-n5c6ccccc6c6ccccc65)cc(c42)N3c2ccc(-c3ccccc3)cc2)cc(C(C)(C)C)c1. The van der Waals surface area contributed by atoms with Crippen LogP contribution in [-0.4, -0.2) is 11.3 Å². The molecule has 93 heavy (non-hydrogen) atoms. The topological polar surface area (TPSA) is 11.4 Å². The van der Waals surface area contributed by atoms with Gasteiger partial charge in [0.2, 0.25) is 0 Å². The standard InChI is InChI=1S/C89H88BN3/c1-84(2,3)64-44-62(45-65(51-64)85(4,5)6)60-35-42-79-75(49-60)90-76-50-61(63-46-66(86(7,8)9)52-67(47-63)87(10,11)12)36-43-80(76)92(69-39-32-58(33-40-69)59-34-41-73-74(48-59)89(15,16)55-88(73,13)14)82-54-70(93-77-28-22-20-26-71(77)72-27-21-23-29-78(72)93)53-81(83(82)90)91(79)68-37-30-57(31-38-68)56-24-18-17-19-25-56/h17-54H,55H2,1-16H3. The lowest BCUT2D eigenvalue weighted by Crippen LogP contribution is -2.61. The molecule has 15 rings (SSSR count). The molecule has 0 spiro atoms. The van der Waals surface area contributed by atoms with Crippen LogP contribution in [0.4, 0.5) is 34.1 Å². The molecule has 3 heterocycles. The molecule has 0 unspecified atom stereocenters. The van der Waals surface area contributed by atoms with E-state index in [-0.39, 0.29) is 39.2 Å². The zero-order chi connectivity index (χ0) is 65.1. The van der Waals surface area contributed by atoms with Crippen molar-refractivity contribution in [1.29, 1.82) is 0 Å². The average Bonchev–Trinajstić information content (AvgIpc) is 0.804. The smallest absolute Gasteiger partial charge is 0.252 e. The van der Waals surface area contributed by atoms with Crippen molar-refractivity contribution in [2.45, 2.75) is 150 Å². The summed E-state index contributed by atoms with van der Waals surface area (Å²) in [6, 6.07) is 89.5. The molecule has 0 N–H and O–H groups in total. The van der Waals surface area contributed by atoms with Crippen molar-refractivity contribution in [3.05, 3.63) is 264 Å². The first-order valence-corrected chi connectivity index (χ1v) is 33.9. The summed E-state index contributed by atoms with van der Waals surface area (Å²) in [6.45, 7) is 37.7. The number of para-hydroxylation sites is 2. The van der Waals surface area contributed by atoms with Crippen LogP contribution in [0, 0.1) is 0 Å². The van der Waals surface area contributed by atoms with E-state index in [0.717, 1.165) is 29.2 Å². The third-order valence-corrected chi connectivity index (χ3v) is 20.9. The summed E-state index contributed by atoms with van der Waals surface area (Å²) in [4.78, 5) is 5.21. The third kappa shape index (κ3) is 10.3. The molecule has 1 aromatic heterocycles. The summed E-state index contributed by atoms with van der Waals surface area (Å²) < 4.78 is 2.52. The van der Waals surface area contributed by atoms with Gasteiger partial charge in [0.15, 0.2) is 0 Å². The Morgan fingerprint density at radius 3 is 1.11 bits per heavy atom. The van der Waals surface area contributed by atoms with E-state index in [4.69, 9.17) is 0 Å². The molecule has 0 saturated heterocycles. The van der Waals surface area contributed by atoms with Crippen molar-refractivity contribution in [1.82, 2.24) is 4.57 Å². The monoisotopic (exact) mass is 1210 g/mol. The van der Waals surface area contributed by atoms with E-state index in [1.807, 2.05) is 0 Å². The fourth-order valence-corrected chi connectivity index (χ4v) is 16.0. The highest BCUT2D eigenvalue weighted by atomic mass is 15.2. The quantitative estimate of drug-likeness (QED) is 0.147. The fraction of sp³-hybridized carbons (Fsp3) is 0.258. The van der Waals surface area contributed by atoms with E-state index >= 15 is 0 Å². The molecule has 0 fully saturated rings. The number of rotatable bonds is 7. The molecule has 0 bridgehead atoms. The van der Waals surface area contributed by atoms with Gasteiger partial charge in [-0.15, -0.1) is 0 Å². The van der Waals surface area contributed by atoms with Gasteiger partial charge in [0.05, 0.1) is 16.7 Å². The summed E-state index contributed by atoms with van der Waals surface area (Å²) in [5.74, 6) is 0. The summed E-state index contributed by atoms with van der Waals surface area (Å²) >= 11 is 0. The number of anilines is 6. The lowest BCUT2D eigenvalue weighted by molar-refractivity contribution is 0.403. The van der Waals surface area contributed by atoms with Crippen LogP contribution in [0.3, 0.4) is 0 Å². The molecule has 11 aromatic carbocycles. The van der Waals surface area contributed by atoms with Gasteiger partial charge in [-0.1, -0.05) is 281 Å². The second kappa shape index (κ2) is 21.2. The van der Waals surface area contributed by atoms with Crippen LogP contribution < -0.4 is 26.2 Å². The van der Waals surface area contributed by atoms with E-state index in [1.54, 1.807) is 0 Å². The second-order valence-electron chi connectivity index (χ2n) is 32.7. The van der Waals surface area contributed by atoms with Crippen LogP contribution in [0.1, 0.15) is 151 Å². The molecule has 462 valence electrons. The number of nitrogens with zero attached hydrogens (tertiary/aromatic N) is 3. The van der Waals surface area contributed by atoms with Crippen molar-refractivity contribution in [2.24, 2.45) is 0 Å². The lowest BCUT2D eigenvalue weighted by atomic mass is 9.33. The van der Waals surface area contributed by atoms with E-state index in [1.165, 1.54) is 133 Å². The average molecular weight is 1210 g/mol. The third-order valence-electron chi connectivity index (χ3n) is 20.9. The predicted molar refractivity (Wildman–Crippen MR) is 402 cm³/mol. The van der Waals surface area contributed by atoms with E-state index in [2.05, 4.69) is 356 Å². The first-order chi connectivity index (χ1) is 44.1. The van der Waals surface area contributed by atoms with Gasteiger partial charge in [-0.25, -0.2) is 0 Å². The maximum Gasteiger partial charge on any atom is 0.252 e. The predicted octanol–water partition coefficient (Wildman–Crippen LogP) is 22.7. The van der Waals surface area contributed by atoms with Crippen LogP contribution in [0.2, 0.25) is 0 Å². The highest BCUT2D eigenvalue weighted by Crippen LogP contribution is 2.52. The molecule has 0 saturated carbocycles. The molecule has 0 atom stereocenters. The molecule has 3 aliphatic rings. The Kier molecular flexibility index (Phi) is 13.7. The maximum atomic E-state index is 2.62. The Bertz CT molecular complexity index is 4850. The largest absolute Gasteiger partial charge is 0.311 e. The summed E-state index contributed by atoms with van der Waals surface area (Å²) in [7, 11) is 0. The molecule has 1 aliphatic carbocycles. The van der Waals surface area contributed by atoms with Crippen molar-refractivity contribution in [3.8, 4) is 50.2 Å². The molecule has 4 heteroatoms. The highest BCUT2D eigenvalue weighted by molar-refractivity contribution is 7.00. The van der Waals surface area contributed by atoms with Gasteiger partial charge in [0, 0.05) is 44.9 Å². The number of hydrogen-bond acceptors (Lipinski definition) is 2. The van der Waals surface area contributed by atoms with Gasteiger partial charge in [-0.05, 0) is 194 Å². The lowest BCUT2D eigenvalue weighted by Gasteiger charge is -2.45. The van der Waals surface area contributed by atoms with Crippen molar-refractivity contribution < 1.29 is 0 Å². The maximum absolute atomic E-state index is 2.62. The minimum absolute atomic E-state index is 0.0540. The number of benzene rings is 11. The normalized spacial score (nSPS) is 14.9. The summed E-state index contributed by atoms with van der Waals surface area (Å²) in [5, 5.41) is 2.48. The van der Waals surface area contributed by atoms with E-state index in [0.29, 0.717) is 0 Å². The van der Waals surface area contributed by atoms with Crippen LogP contribution in [0.15, 0.2) is 231 Å². The minimum atomic E-state index is -0.165. The first kappa shape index (κ1) is 60.1. The number of fused-ring (bicyclic) bond motifs is 8. The number of aromatic nitrogens is 1.